The molecule has 36 atom stereocenters. The van der Waals surface area contributed by atoms with Gasteiger partial charge in [-0.2, -0.15) is 0 Å². The molecule has 2 saturated carbocycles. The molecular formula is C111H150O39. The summed E-state index contributed by atoms with van der Waals surface area (Å²) in [4.78, 5) is 171. The summed E-state index contributed by atoms with van der Waals surface area (Å²) in [5.74, 6) is -5.14. The Morgan fingerprint density at radius 2 is 0.780 bits per heavy atom. The zero-order chi connectivity index (χ0) is 109. The topological polar surface area (TPSA) is 478 Å². The van der Waals surface area contributed by atoms with Crippen LogP contribution in [0.1, 0.15) is 224 Å². The van der Waals surface area contributed by atoms with Crippen LogP contribution in [0.4, 0.5) is 0 Å². The Morgan fingerprint density at radius 3 is 1.22 bits per heavy atom. The molecule has 19 saturated heterocycles. The Kier molecular flexibility index (Phi) is 40.6. The van der Waals surface area contributed by atoms with Crippen LogP contribution in [0.15, 0.2) is 110 Å². The molecule has 18 bridgehead atoms. The first-order valence-electron chi connectivity index (χ1n) is 52.7. The third-order valence-electron chi connectivity index (χ3n) is 31.4. The summed E-state index contributed by atoms with van der Waals surface area (Å²) >= 11 is 0. The second kappa shape index (κ2) is 52.3. The molecule has 21 aliphatic rings. The largest absolute Gasteiger partial charge is 0.469 e. The number of esters is 15. The summed E-state index contributed by atoms with van der Waals surface area (Å²) in [7, 11) is 1.32. The Balaban J connectivity index is 0.000000141. The summed E-state index contributed by atoms with van der Waals surface area (Å²) in [6, 6.07) is 0. The van der Waals surface area contributed by atoms with Gasteiger partial charge in [-0.1, -0.05) is 73.1 Å². The van der Waals surface area contributed by atoms with E-state index in [2.05, 4.69) is 73.1 Å². The minimum Gasteiger partial charge on any atom is -0.469 e. The van der Waals surface area contributed by atoms with E-state index in [0.717, 1.165) is 109 Å². The number of carbonyl (C=O) groups is 15. The van der Waals surface area contributed by atoms with Gasteiger partial charge in [-0.3, -0.25) is 24.0 Å². The molecule has 0 radical (unpaired) electrons. The van der Waals surface area contributed by atoms with Crippen molar-refractivity contribution >= 4 is 89.5 Å². The summed E-state index contributed by atoms with van der Waals surface area (Å²) in [5.41, 5.74) is 3.14. The summed E-state index contributed by atoms with van der Waals surface area (Å²) < 4.78 is 128. The van der Waals surface area contributed by atoms with Crippen molar-refractivity contribution in [3.05, 3.63) is 110 Å². The van der Waals surface area contributed by atoms with Crippen LogP contribution in [0.2, 0.25) is 0 Å². The number of hydrogen-bond donors (Lipinski definition) is 0. The molecule has 0 N–H and O–H groups in total. The Labute approximate surface area is 875 Å². The monoisotopic (exact) mass is 2110 g/mol. The summed E-state index contributed by atoms with van der Waals surface area (Å²) in [6.07, 6.45) is 23.6. The van der Waals surface area contributed by atoms with Crippen LogP contribution >= 0.6 is 0 Å². The van der Waals surface area contributed by atoms with Gasteiger partial charge in [0, 0.05) is 93.6 Å². The van der Waals surface area contributed by atoms with E-state index in [-0.39, 0.29) is 238 Å². The van der Waals surface area contributed by atoms with Crippen LogP contribution in [-0.4, -0.2) is 295 Å². The van der Waals surface area contributed by atoms with E-state index >= 15 is 0 Å². The van der Waals surface area contributed by atoms with Gasteiger partial charge >= 0.3 is 89.5 Å². The van der Waals surface area contributed by atoms with Crippen LogP contribution in [-0.2, 0) is 186 Å². The highest BCUT2D eigenvalue weighted by Gasteiger charge is 2.70. The SMILES string of the molecule is C=C(C)C(=O)OC(C(C)C)C1CC2CCC1O2.C=C(C)C(=O)OC(C)C1CC2CCC1O2.C=C(C)C(=O)OC1CC2CCC1O2.C=C(C)C(=O)OCC(=O)OC1CC2CCC1O2.C=C(C)C(=O)OCC1C2CC3C1OC(=O)C3C2C(=O)OC.C=C(C)C(=O)OCCC(=O)OC1CC2CCC1O2.C=C(C)C(=O)OCCC1CC2CCC1O2.C=C(C)C(=O)OCCOC1C2CC3C(=O)OC1C3O2.C=CC(=O)OC1C2CC3C(=O)OC1C3O2. The van der Waals surface area contributed by atoms with Crippen molar-refractivity contribution < 1.29 is 186 Å². The minimum atomic E-state index is -0.578. The molecule has 39 nitrogen and oxygen atoms in total. The Morgan fingerprint density at radius 1 is 0.367 bits per heavy atom. The molecule has 0 aromatic rings. The molecule has 0 aromatic carbocycles. The maximum atomic E-state index is 12.0. The summed E-state index contributed by atoms with van der Waals surface area (Å²) in [6.45, 7) is 51.3. The lowest BCUT2D eigenvalue weighted by Crippen LogP contribution is -2.40. The van der Waals surface area contributed by atoms with Gasteiger partial charge < -0.3 is 114 Å². The van der Waals surface area contributed by atoms with Gasteiger partial charge in [-0.25, -0.2) is 47.9 Å². The van der Waals surface area contributed by atoms with Gasteiger partial charge in [0.05, 0.1) is 142 Å². The summed E-state index contributed by atoms with van der Waals surface area (Å²) in [5, 5.41) is 0. The van der Waals surface area contributed by atoms with Crippen LogP contribution in [0, 0.1) is 65.1 Å². The zero-order valence-corrected chi connectivity index (χ0v) is 88.2. The van der Waals surface area contributed by atoms with E-state index in [4.69, 9.17) is 114 Å². The molecule has 19 heterocycles. The van der Waals surface area contributed by atoms with Crippen molar-refractivity contribution in [2.24, 2.45) is 65.1 Å². The lowest BCUT2D eigenvalue weighted by Gasteiger charge is -2.31. The Hall–Kier alpha value is -10.6. The molecule has 0 amide bonds. The maximum absolute atomic E-state index is 12.0. The average molecular weight is 2110 g/mol. The molecule has 21 rings (SSSR count). The third kappa shape index (κ3) is 29.1. The van der Waals surface area contributed by atoms with E-state index in [1.165, 1.54) is 39.7 Å². The van der Waals surface area contributed by atoms with Gasteiger partial charge in [0.2, 0.25) is 0 Å². The van der Waals surface area contributed by atoms with Crippen LogP contribution in [0.5, 0.6) is 0 Å². The van der Waals surface area contributed by atoms with Crippen LogP contribution in [0.3, 0.4) is 0 Å². The van der Waals surface area contributed by atoms with Crippen molar-refractivity contribution in [2.75, 3.05) is 46.8 Å². The second-order valence-electron chi connectivity index (χ2n) is 43.2. The molecule has 39 heteroatoms. The molecule has 828 valence electrons. The van der Waals surface area contributed by atoms with Crippen molar-refractivity contribution in [2.45, 2.75) is 383 Å². The third-order valence-corrected chi connectivity index (χ3v) is 31.4. The minimum absolute atomic E-state index is 0.0250. The van der Waals surface area contributed by atoms with E-state index < -0.39 is 53.9 Å². The van der Waals surface area contributed by atoms with E-state index in [9.17, 15) is 71.9 Å². The molecule has 150 heavy (non-hydrogen) atoms. The van der Waals surface area contributed by atoms with Crippen LogP contribution < -0.4 is 0 Å². The van der Waals surface area contributed by atoms with E-state index in [1.54, 1.807) is 48.5 Å². The van der Waals surface area contributed by atoms with Crippen molar-refractivity contribution in [3.63, 3.8) is 0 Å². The van der Waals surface area contributed by atoms with Crippen molar-refractivity contribution in [1.29, 1.82) is 0 Å². The standard InChI is InChI=1S/C15H18O6.C14H22O3.C13H16O6.C13H18O5.C12H16O5.2C12H18O3.C10H10O5.C10H14O3/c1-6(2)13(16)20-5-9-7-4-8-11(10(7)14(17)19-3)15(18)21-12(8)9;1-8(2)13(17-14(15)9(3)4)11-7-10-5-6-12(11)16-10;1-6(2)12(14)17-4-3-16-10-8-5-7-9(18-8)11(10)19-13(7)15;1-8(2)13(15)16-6-5-12(14)18-11-7-9-3-4-10(11)17-9;1-7(2)12(14)15-6-11(13)17-10-5-8-3-4-9(10)16-8;1-7(2)12(13)14-8(3)10-6-9-4-5-11(10)15-9;1-8(2)12(13)14-6-5-9-7-10-3-4-11(9)15-10;1-2-6(11)14-8-5-3-4-7(13-5)9(8)15-10(4)12;1-6(2)10(11)13-9-5-7-3-4-8(9)12-7/h7-12H,1,4-5H2,2-3H3;8,10-13H,3,5-7H2,1-2,4H3;7-11H,1,3-5H2,2H3;9-11H,1,3-7H2,2H3;8-10H,1,3-6H2,2H3;8-11H,1,4-6H2,2-3H3;9-11H,1,3-7H2,2H3;2,4-5,7-9H,1,3H2;7-9H,1,3-5H2,2H3. The highest BCUT2D eigenvalue weighted by atomic mass is 16.7. The zero-order valence-electron chi connectivity index (χ0n) is 88.2. The van der Waals surface area contributed by atoms with Gasteiger partial charge in [-0.15, -0.1) is 0 Å². The molecule has 21 fully saturated rings. The first-order valence-corrected chi connectivity index (χ1v) is 52.7. The van der Waals surface area contributed by atoms with E-state index in [1.807, 2.05) is 6.92 Å². The van der Waals surface area contributed by atoms with Crippen LogP contribution in [0.25, 0.3) is 0 Å². The fraction of sp³-hybridized carbons (Fsp3) is 0.703. The van der Waals surface area contributed by atoms with Gasteiger partial charge in [-0.05, 0) is 202 Å². The quantitative estimate of drug-likeness (QED) is 0.0255. The fourth-order valence-electron chi connectivity index (χ4n) is 24.0. The van der Waals surface area contributed by atoms with Gasteiger partial charge in [0.25, 0.3) is 0 Å². The number of rotatable bonds is 33. The number of methoxy groups -OCH3 is 1. The predicted octanol–water partition coefficient (Wildman–Crippen LogP) is 11.3. The second-order valence-corrected chi connectivity index (χ2v) is 43.2. The number of ether oxygens (including phenoxy) is 24. The molecular weight excluding hydrogens is 1960 g/mol. The lowest BCUT2D eigenvalue weighted by molar-refractivity contribution is -0.162. The maximum Gasteiger partial charge on any atom is 0.344 e. The first-order chi connectivity index (χ1) is 71.2. The Bertz CT molecular complexity index is 5060. The average Bonchev–Trinajstić information content (AvgIpc) is 1.62. The lowest BCUT2D eigenvalue weighted by atomic mass is 9.74. The molecule has 19 aliphatic heterocycles. The molecule has 0 aromatic heterocycles. The number of fused-ring (bicyclic) bond motifs is 15. The van der Waals surface area contributed by atoms with Crippen molar-refractivity contribution in [1.82, 2.24) is 0 Å². The molecule has 0 spiro atoms. The predicted molar refractivity (Wildman–Crippen MR) is 525 cm³/mol. The highest BCUT2D eigenvalue weighted by Crippen LogP contribution is 2.61. The molecule has 36 unspecified atom stereocenters. The van der Waals surface area contributed by atoms with Gasteiger partial charge in [0.1, 0.15) is 68.1 Å². The fourth-order valence-corrected chi connectivity index (χ4v) is 24.0. The smallest absolute Gasteiger partial charge is 0.344 e. The van der Waals surface area contributed by atoms with Gasteiger partial charge in [0.15, 0.2) is 24.9 Å². The molecule has 2 aliphatic carbocycles. The number of hydrogen-bond acceptors (Lipinski definition) is 39. The number of carbonyl (C=O) groups excluding carboxylic acids is 15. The van der Waals surface area contributed by atoms with E-state index in [0.29, 0.717) is 125 Å². The normalized spacial score (nSPS) is 35.4. The van der Waals surface area contributed by atoms with Crippen molar-refractivity contribution in [3.8, 4) is 0 Å². The highest BCUT2D eigenvalue weighted by molar-refractivity contribution is 5.91. The first kappa shape index (κ1) is 116.